The van der Waals surface area contributed by atoms with Gasteiger partial charge in [-0.2, -0.15) is 0 Å². The minimum Gasteiger partial charge on any atom is -0.463 e. The van der Waals surface area contributed by atoms with E-state index in [9.17, 15) is 32.4 Å². The van der Waals surface area contributed by atoms with Gasteiger partial charge in [0.15, 0.2) is 23.7 Å². The quantitative estimate of drug-likeness (QED) is 0.0285. The number of nitrogens with one attached hydrogen (secondary N) is 1. The maximum Gasteiger partial charge on any atom is 0.501 e. The summed E-state index contributed by atoms with van der Waals surface area (Å²) in [4.78, 5) is 64.3. The van der Waals surface area contributed by atoms with Crippen LogP contribution in [0, 0.1) is 0 Å². The third kappa shape index (κ3) is 17.6. The Balaban J connectivity index is 1.86. The summed E-state index contributed by atoms with van der Waals surface area (Å²) in [5.41, 5.74) is 8.95. The number of nitrogens with zero attached hydrogens (tertiary/aromatic N) is 3. The molecular weight excluding hydrogens is 888 g/mol. The summed E-state index contributed by atoms with van der Waals surface area (Å²) in [6.07, 6.45) is -7.98. The first kappa shape index (κ1) is 49.1. The van der Waals surface area contributed by atoms with Crippen molar-refractivity contribution in [3.63, 3.8) is 0 Å². The number of esters is 4. The molecule has 0 radical (unpaired) electrons. The summed E-state index contributed by atoms with van der Waals surface area (Å²) in [7, 11) is -4.96. The molecule has 1 heterocycles. The van der Waals surface area contributed by atoms with Crippen molar-refractivity contribution >= 4 is 56.1 Å². The normalized spacial score (nSPS) is 18.5. The molecule has 1 aliphatic rings. The molecule has 0 spiro atoms. The van der Waals surface area contributed by atoms with Gasteiger partial charge in [0.2, 0.25) is 12.4 Å². The molecule has 1 saturated heterocycles. The number of ether oxygens (including phenoxy) is 9. The summed E-state index contributed by atoms with van der Waals surface area (Å²) >= 11 is 3.30. The van der Waals surface area contributed by atoms with Crippen molar-refractivity contribution in [1.29, 1.82) is 0 Å². The molecule has 0 aromatic heterocycles. The molecule has 1 aliphatic heterocycles. The van der Waals surface area contributed by atoms with Crippen LogP contribution < -0.4 is 18.4 Å². The molecule has 3 rings (SSSR count). The number of hydrogen-bond donors (Lipinski definition) is 1. The predicted octanol–water partition coefficient (Wildman–Crippen LogP) is 2.84. The minimum atomic E-state index is -4.96. The third-order valence-electron chi connectivity index (χ3n) is 7.54. The Morgan fingerprint density at radius 2 is 1.37 bits per heavy atom. The number of amides is 1. The van der Waals surface area contributed by atoms with E-state index in [1.807, 2.05) is 0 Å². The Morgan fingerprint density at radius 3 is 1.97 bits per heavy atom. The zero-order valence-electron chi connectivity index (χ0n) is 33.0. The van der Waals surface area contributed by atoms with Gasteiger partial charge in [-0.25, -0.2) is 0 Å². The van der Waals surface area contributed by atoms with Gasteiger partial charge in [-0.1, -0.05) is 33.2 Å². The molecule has 1 unspecified atom stereocenters. The lowest BCUT2D eigenvalue weighted by atomic mass is 9.98. The summed E-state index contributed by atoms with van der Waals surface area (Å²) in [6, 6.07) is 9.40. The Bertz CT molecular complexity index is 1910. The number of carbonyl (C=O) groups excluding carboxylic acids is 5. The summed E-state index contributed by atoms with van der Waals surface area (Å²) in [5, 5.41) is 6.47. The predicted molar refractivity (Wildman–Crippen MR) is 207 cm³/mol. The lowest BCUT2D eigenvalue weighted by Crippen LogP contribution is -2.63. The van der Waals surface area contributed by atoms with Crippen LogP contribution in [0.1, 0.15) is 43.6 Å². The minimum absolute atomic E-state index is 0.0341. The maximum absolute atomic E-state index is 13.3. The van der Waals surface area contributed by atoms with Crippen LogP contribution in [0.15, 0.2) is 47.6 Å². The molecule has 330 valence electrons. The molecule has 0 aliphatic carbocycles. The van der Waals surface area contributed by atoms with Crippen molar-refractivity contribution in [2.75, 3.05) is 59.3 Å². The molecule has 24 heteroatoms. The van der Waals surface area contributed by atoms with E-state index in [4.69, 9.17) is 56.5 Å². The highest BCUT2D eigenvalue weighted by molar-refractivity contribution is 9.08. The Morgan fingerprint density at radius 1 is 0.767 bits per heavy atom. The fourth-order valence-corrected chi connectivity index (χ4v) is 6.24. The van der Waals surface area contributed by atoms with Crippen LogP contribution in [0.5, 0.6) is 17.2 Å². The fraction of sp³-hybridized carbons (Fsp3) is 0.528. The second-order valence-corrected chi connectivity index (χ2v) is 14.0. The lowest BCUT2D eigenvalue weighted by molar-refractivity contribution is -0.288. The van der Waals surface area contributed by atoms with Gasteiger partial charge in [0.1, 0.15) is 18.5 Å². The number of rotatable bonds is 25. The molecule has 0 saturated carbocycles. The van der Waals surface area contributed by atoms with Gasteiger partial charge in [0.05, 0.1) is 39.6 Å². The van der Waals surface area contributed by atoms with E-state index >= 15 is 0 Å². The third-order valence-corrected chi connectivity index (χ3v) is 8.97. The molecule has 1 fully saturated rings. The highest BCUT2D eigenvalue weighted by atomic mass is 79.9. The van der Waals surface area contributed by atoms with Crippen LogP contribution in [0.4, 0.5) is 0 Å². The topological polar surface area (TPSA) is 282 Å². The van der Waals surface area contributed by atoms with Crippen molar-refractivity contribution < 1.29 is 83.4 Å². The van der Waals surface area contributed by atoms with Gasteiger partial charge in [0.25, 0.3) is 5.91 Å². The van der Waals surface area contributed by atoms with Crippen LogP contribution in [0.3, 0.4) is 0 Å². The maximum atomic E-state index is 13.3. The van der Waals surface area contributed by atoms with E-state index in [1.54, 1.807) is 12.1 Å². The van der Waals surface area contributed by atoms with Gasteiger partial charge in [-0.15, -0.1) is 8.42 Å². The molecule has 1 N–H and O–H groups in total. The van der Waals surface area contributed by atoms with Gasteiger partial charge < -0.3 is 56.3 Å². The van der Waals surface area contributed by atoms with Crippen molar-refractivity contribution in [2.24, 2.45) is 5.11 Å². The SMILES string of the molecule is CC(=O)OC[C@H]1OC(Oc2ccc(C(=O)NCCOCCOCCOCCN=[N+]=[N-])cc2OS(=O)(=O)Oc2ccc(CBr)cc2)[C@H](OC(C)=O)[C@@H](OC(C)=O)[C@H]1OC(C)=O. The van der Waals surface area contributed by atoms with E-state index in [2.05, 4.69) is 31.3 Å². The van der Waals surface area contributed by atoms with Crippen molar-refractivity contribution in [3.05, 3.63) is 64.0 Å². The van der Waals surface area contributed by atoms with Crippen LogP contribution in [-0.2, 0) is 72.8 Å². The molecular formula is C36H45BrN4O18S. The van der Waals surface area contributed by atoms with Crippen LogP contribution >= 0.6 is 15.9 Å². The first-order chi connectivity index (χ1) is 28.6. The summed E-state index contributed by atoms with van der Waals surface area (Å²) in [5.74, 6) is -5.24. The smallest absolute Gasteiger partial charge is 0.463 e. The number of alkyl halides is 1. The van der Waals surface area contributed by atoms with Crippen LogP contribution in [-0.4, -0.2) is 128 Å². The van der Waals surface area contributed by atoms with E-state index in [0.717, 1.165) is 45.4 Å². The van der Waals surface area contributed by atoms with Gasteiger partial charge in [-0.05, 0) is 41.4 Å². The second-order valence-electron chi connectivity index (χ2n) is 12.2. The monoisotopic (exact) mass is 932 g/mol. The fourth-order valence-electron chi connectivity index (χ4n) is 5.13. The zero-order valence-corrected chi connectivity index (χ0v) is 35.4. The highest BCUT2D eigenvalue weighted by Gasteiger charge is 2.53. The second kappa shape index (κ2) is 25.4. The molecule has 2 aromatic rings. The molecule has 2 aromatic carbocycles. The molecule has 1 amide bonds. The van der Waals surface area contributed by atoms with E-state index in [0.29, 0.717) is 18.5 Å². The van der Waals surface area contributed by atoms with Crippen molar-refractivity contribution in [2.45, 2.75) is 63.7 Å². The summed E-state index contributed by atoms with van der Waals surface area (Å²) < 4.78 is 86.4. The number of carbonyl (C=O) groups is 5. The number of halogens is 1. The average molecular weight is 934 g/mol. The van der Waals surface area contributed by atoms with Crippen LogP contribution in [0.25, 0.3) is 10.4 Å². The molecule has 22 nitrogen and oxygen atoms in total. The summed E-state index contributed by atoms with van der Waals surface area (Å²) in [6.45, 7) is 5.29. The van der Waals surface area contributed by atoms with E-state index in [-0.39, 0.29) is 50.8 Å². The van der Waals surface area contributed by atoms with E-state index < -0.39 is 89.0 Å². The first-order valence-electron chi connectivity index (χ1n) is 18.0. The number of azide groups is 1. The lowest BCUT2D eigenvalue weighted by Gasteiger charge is -2.43. The Hall–Kier alpha value is -5.23. The molecule has 0 bridgehead atoms. The average Bonchev–Trinajstić information content (AvgIpc) is 3.18. The molecule has 5 atom stereocenters. The van der Waals surface area contributed by atoms with Crippen molar-refractivity contribution in [1.82, 2.24) is 5.32 Å². The van der Waals surface area contributed by atoms with Gasteiger partial charge >= 0.3 is 34.3 Å². The Kier molecular flexibility index (Phi) is 20.8. The zero-order chi connectivity index (χ0) is 44.1. The highest BCUT2D eigenvalue weighted by Crippen LogP contribution is 2.36. The largest absolute Gasteiger partial charge is 0.501 e. The standard InChI is InChI=1S/C36H45BrN4O18S/c1-22(42)52-21-31-32(53-23(2)43)33(54-24(3)44)34(55-25(4)45)36(57-31)56-29-10-7-27(19-30(29)59-60(47,48)58-28-8-5-26(20-37)6-9-28)35(46)39-11-13-49-15-17-51-18-16-50-14-12-40-41-38/h5-10,19,31-34,36H,11-18,20-21H2,1-4H3,(H,39,46)/t31-,32+,33+,34-,36?/m1/s1. The van der Waals surface area contributed by atoms with Gasteiger partial charge in [-0.3, -0.25) is 24.0 Å². The first-order valence-corrected chi connectivity index (χ1v) is 20.5. The van der Waals surface area contributed by atoms with Gasteiger partial charge in [0, 0.05) is 56.6 Å². The Labute approximate surface area is 353 Å². The van der Waals surface area contributed by atoms with E-state index in [1.165, 1.54) is 18.2 Å². The van der Waals surface area contributed by atoms with Crippen molar-refractivity contribution in [3.8, 4) is 17.2 Å². The number of hydrogen-bond acceptors (Lipinski definition) is 19. The molecule has 60 heavy (non-hydrogen) atoms. The van der Waals surface area contributed by atoms with Crippen LogP contribution in [0.2, 0.25) is 0 Å². The number of benzene rings is 2.